The van der Waals surface area contributed by atoms with Crippen LogP contribution in [0, 0.1) is 0 Å². The number of unbranched alkanes of at least 4 members (excludes halogenated alkanes) is 1. The summed E-state index contributed by atoms with van der Waals surface area (Å²) < 4.78 is 24.1. The molecule has 29 heavy (non-hydrogen) atoms. The van der Waals surface area contributed by atoms with Crippen molar-refractivity contribution < 1.29 is 23.7 Å². The molecule has 6 heteroatoms. The highest BCUT2D eigenvalue weighted by atomic mass is 16.7. The van der Waals surface area contributed by atoms with Crippen molar-refractivity contribution in [3.8, 4) is 0 Å². The van der Waals surface area contributed by atoms with E-state index in [4.69, 9.17) is 18.9 Å². The number of hydrogen-bond acceptors (Lipinski definition) is 5. The average Bonchev–Trinajstić information content (AvgIpc) is 3.12. The summed E-state index contributed by atoms with van der Waals surface area (Å²) >= 11 is 0. The molecule has 2 atom stereocenters. The van der Waals surface area contributed by atoms with E-state index in [1.165, 1.54) is 0 Å². The van der Waals surface area contributed by atoms with Crippen LogP contribution < -0.4 is 0 Å². The number of carbonyl (C=O) groups excluding carboxylic acids is 1. The second-order valence-corrected chi connectivity index (χ2v) is 8.86. The molecule has 0 saturated carbocycles. The van der Waals surface area contributed by atoms with Gasteiger partial charge in [0.05, 0.1) is 19.3 Å². The largest absolute Gasteiger partial charge is 0.444 e. The van der Waals surface area contributed by atoms with Crippen LogP contribution in [-0.4, -0.2) is 54.8 Å². The molecular formula is C23H35NO5. The zero-order valence-corrected chi connectivity index (χ0v) is 18.2. The summed E-state index contributed by atoms with van der Waals surface area (Å²) in [7, 11) is 0. The molecule has 0 N–H and O–H groups in total. The first kappa shape index (κ1) is 22.1. The smallest absolute Gasteiger partial charge is 0.410 e. The molecule has 2 aliphatic heterocycles. The molecule has 0 bridgehead atoms. The second-order valence-electron chi connectivity index (χ2n) is 8.86. The summed E-state index contributed by atoms with van der Waals surface area (Å²) in [6, 6.07) is 9.89. The van der Waals surface area contributed by atoms with E-state index in [1.54, 1.807) is 0 Å². The highest BCUT2D eigenvalue weighted by Gasteiger charge is 2.49. The fraction of sp³-hybridized carbons (Fsp3) is 0.696. The third kappa shape index (κ3) is 5.71. The zero-order chi connectivity index (χ0) is 20.9. The van der Waals surface area contributed by atoms with Crippen LogP contribution in [0.15, 0.2) is 30.3 Å². The van der Waals surface area contributed by atoms with E-state index in [9.17, 15) is 4.79 Å². The Bertz CT molecular complexity index is 651. The maximum Gasteiger partial charge on any atom is 0.410 e. The van der Waals surface area contributed by atoms with Gasteiger partial charge in [-0.05, 0) is 32.8 Å². The third-order valence-electron chi connectivity index (χ3n) is 5.37. The minimum atomic E-state index is -0.635. The van der Waals surface area contributed by atoms with Crippen LogP contribution in [0.5, 0.6) is 0 Å². The first-order valence-electron chi connectivity index (χ1n) is 10.8. The molecule has 2 aliphatic rings. The van der Waals surface area contributed by atoms with Crippen molar-refractivity contribution in [3.05, 3.63) is 35.9 Å². The van der Waals surface area contributed by atoms with Gasteiger partial charge in [-0.2, -0.15) is 0 Å². The van der Waals surface area contributed by atoms with Gasteiger partial charge < -0.3 is 23.8 Å². The predicted molar refractivity (Wildman–Crippen MR) is 111 cm³/mol. The van der Waals surface area contributed by atoms with Crippen molar-refractivity contribution in [2.24, 2.45) is 0 Å². The zero-order valence-electron chi connectivity index (χ0n) is 18.2. The maximum atomic E-state index is 13.1. The maximum absolute atomic E-state index is 13.1. The van der Waals surface area contributed by atoms with Crippen molar-refractivity contribution in [2.75, 3.05) is 26.4 Å². The molecule has 1 spiro atoms. The average molecular weight is 406 g/mol. The fourth-order valence-electron chi connectivity index (χ4n) is 3.99. The van der Waals surface area contributed by atoms with Crippen LogP contribution in [-0.2, 0) is 18.9 Å². The van der Waals surface area contributed by atoms with Crippen molar-refractivity contribution in [3.63, 3.8) is 0 Å². The first-order chi connectivity index (χ1) is 13.8. The predicted octanol–water partition coefficient (Wildman–Crippen LogP) is 4.69. The molecule has 162 valence electrons. The lowest BCUT2D eigenvalue weighted by atomic mass is 9.89. The minimum Gasteiger partial charge on any atom is -0.444 e. The number of likely N-dealkylation sites (tertiary alicyclic amines) is 1. The Hall–Kier alpha value is -1.63. The summed E-state index contributed by atoms with van der Waals surface area (Å²) in [4.78, 5) is 14.9. The van der Waals surface area contributed by atoms with Crippen LogP contribution in [0.3, 0.4) is 0 Å². The number of rotatable bonds is 6. The van der Waals surface area contributed by atoms with Gasteiger partial charge in [-0.15, -0.1) is 0 Å². The van der Waals surface area contributed by atoms with E-state index >= 15 is 0 Å². The monoisotopic (exact) mass is 405 g/mol. The van der Waals surface area contributed by atoms with E-state index in [1.807, 2.05) is 43.9 Å². The number of carbonyl (C=O) groups is 1. The van der Waals surface area contributed by atoms with Gasteiger partial charge in [0.15, 0.2) is 5.79 Å². The molecule has 2 saturated heterocycles. The highest BCUT2D eigenvalue weighted by Crippen LogP contribution is 2.40. The van der Waals surface area contributed by atoms with Gasteiger partial charge in [0.1, 0.15) is 11.7 Å². The summed E-state index contributed by atoms with van der Waals surface area (Å²) in [5.74, 6) is -0.635. The lowest BCUT2D eigenvalue weighted by Gasteiger charge is -2.46. The van der Waals surface area contributed by atoms with Crippen molar-refractivity contribution in [1.82, 2.24) is 4.90 Å². The Morgan fingerprint density at radius 1 is 1.24 bits per heavy atom. The van der Waals surface area contributed by atoms with Crippen molar-refractivity contribution in [1.29, 1.82) is 0 Å². The van der Waals surface area contributed by atoms with Crippen molar-refractivity contribution >= 4 is 6.09 Å². The van der Waals surface area contributed by atoms with Crippen LogP contribution >= 0.6 is 0 Å². The molecule has 2 fully saturated rings. The number of nitrogens with zero attached hydrogens (tertiary/aromatic N) is 1. The third-order valence-corrected chi connectivity index (χ3v) is 5.37. The topological polar surface area (TPSA) is 57.2 Å². The van der Waals surface area contributed by atoms with Crippen LogP contribution in [0.2, 0.25) is 0 Å². The number of piperidine rings is 1. The molecule has 0 radical (unpaired) electrons. The Morgan fingerprint density at radius 3 is 2.55 bits per heavy atom. The highest BCUT2D eigenvalue weighted by molar-refractivity contribution is 5.69. The Morgan fingerprint density at radius 2 is 1.93 bits per heavy atom. The van der Waals surface area contributed by atoms with Gasteiger partial charge in [0, 0.05) is 26.0 Å². The lowest BCUT2D eigenvalue weighted by Crippen LogP contribution is -2.56. The molecule has 1 aromatic rings. The summed E-state index contributed by atoms with van der Waals surface area (Å²) in [6.07, 6.45) is 2.66. The first-order valence-corrected chi connectivity index (χ1v) is 10.8. The van der Waals surface area contributed by atoms with E-state index in [-0.39, 0.29) is 18.2 Å². The Labute approximate surface area is 174 Å². The molecule has 2 heterocycles. The molecule has 3 rings (SSSR count). The van der Waals surface area contributed by atoms with Crippen LogP contribution in [0.4, 0.5) is 4.79 Å². The van der Waals surface area contributed by atoms with E-state index in [0.29, 0.717) is 39.2 Å². The SMILES string of the molecule is CCCCOC(c1ccccc1)C1CC2(CCN1C(=O)OC(C)(C)C)OCCO2. The van der Waals surface area contributed by atoms with Crippen LogP contribution in [0.25, 0.3) is 0 Å². The Kier molecular flexibility index (Phi) is 7.19. The van der Waals surface area contributed by atoms with Gasteiger partial charge in [0.2, 0.25) is 0 Å². The van der Waals surface area contributed by atoms with Gasteiger partial charge in [-0.1, -0.05) is 43.7 Å². The van der Waals surface area contributed by atoms with E-state index in [2.05, 4.69) is 19.1 Å². The summed E-state index contributed by atoms with van der Waals surface area (Å²) in [6.45, 7) is 10.1. The molecule has 1 amide bonds. The number of ether oxygens (including phenoxy) is 4. The molecule has 2 unspecified atom stereocenters. The van der Waals surface area contributed by atoms with Crippen molar-refractivity contribution in [2.45, 2.75) is 76.9 Å². The van der Waals surface area contributed by atoms with Gasteiger partial charge >= 0.3 is 6.09 Å². The van der Waals surface area contributed by atoms with E-state index < -0.39 is 11.4 Å². The molecular weight excluding hydrogens is 370 g/mol. The van der Waals surface area contributed by atoms with Gasteiger partial charge in [-0.3, -0.25) is 0 Å². The van der Waals surface area contributed by atoms with E-state index in [0.717, 1.165) is 18.4 Å². The lowest BCUT2D eigenvalue weighted by molar-refractivity contribution is -0.206. The number of hydrogen-bond donors (Lipinski definition) is 0. The second kappa shape index (κ2) is 9.45. The summed E-state index contributed by atoms with van der Waals surface area (Å²) in [5, 5.41) is 0. The van der Waals surface area contributed by atoms with Crippen LogP contribution in [0.1, 0.15) is 65.0 Å². The minimum absolute atomic E-state index is 0.226. The normalized spacial score (nSPS) is 22.6. The molecule has 1 aromatic carbocycles. The number of benzene rings is 1. The molecule has 0 aromatic heterocycles. The standard InChI is InChI=1S/C23H35NO5/c1-5-6-14-26-20(18-10-8-7-9-11-18)19-17-23(27-15-16-28-23)12-13-24(19)21(25)29-22(2,3)4/h7-11,19-20H,5-6,12-17H2,1-4H3. The molecule has 6 nitrogen and oxygen atoms in total. The summed E-state index contributed by atoms with van der Waals surface area (Å²) in [5.41, 5.74) is 0.500. The Balaban J connectivity index is 1.89. The molecule has 0 aliphatic carbocycles. The number of amides is 1. The van der Waals surface area contributed by atoms with Gasteiger partial charge in [-0.25, -0.2) is 4.79 Å². The fourth-order valence-corrected chi connectivity index (χ4v) is 3.99. The quantitative estimate of drug-likeness (QED) is 0.643. The van der Waals surface area contributed by atoms with Gasteiger partial charge in [0.25, 0.3) is 0 Å².